The fourth-order valence-corrected chi connectivity index (χ4v) is 0.943. The Kier molecular flexibility index (Phi) is 4.40. The largest absolute Gasteiger partial charge is 0.312 e. The van der Waals surface area contributed by atoms with E-state index in [0.717, 1.165) is 5.84 Å². The van der Waals surface area contributed by atoms with Gasteiger partial charge >= 0.3 is 0 Å². The number of hydrogen-bond donors (Lipinski definition) is 2. The van der Waals surface area contributed by atoms with Crippen molar-refractivity contribution in [3.05, 3.63) is 0 Å². The number of amidine groups is 1. The molecule has 13 heavy (non-hydrogen) atoms. The number of hydrogen-bond acceptors (Lipinski definition) is 2. The van der Waals surface area contributed by atoms with Crippen molar-refractivity contribution in [3.8, 4) is 0 Å². The lowest BCUT2D eigenvalue weighted by atomic mass is 9.96. The van der Waals surface area contributed by atoms with Crippen molar-refractivity contribution in [1.29, 1.82) is 0 Å². The van der Waals surface area contributed by atoms with Crippen molar-refractivity contribution in [2.45, 2.75) is 47.1 Å². The lowest BCUT2D eigenvalue weighted by Crippen LogP contribution is -2.39. The average Bonchev–Trinajstić information content (AvgIpc) is 1.97. The predicted octanol–water partition coefficient (Wildman–Crippen LogP) is 1.94. The Morgan fingerprint density at radius 3 is 1.92 bits per heavy atom. The monoisotopic (exact) mass is 185 g/mol. The minimum atomic E-state index is -0.0646. The smallest absolute Gasteiger partial charge is 0.114 e. The first kappa shape index (κ1) is 12.4. The molecule has 1 atom stereocenters. The standard InChI is InChI=1S/C10H23N3/c1-7(2)8(3)9(13-11)12-10(4,5)6/h7-8H,11H2,1-6H3,(H,12,13). The van der Waals surface area contributed by atoms with Crippen LogP contribution in [0.3, 0.4) is 0 Å². The van der Waals surface area contributed by atoms with Crippen LogP contribution in [-0.2, 0) is 0 Å². The third kappa shape index (κ3) is 4.88. The Bertz CT molecular complexity index is 177. The lowest BCUT2D eigenvalue weighted by molar-refractivity contribution is 0.500. The Morgan fingerprint density at radius 1 is 1.23 bits per heavy atom. The molecule has 0 aromatic rings. The third-order valence-electron chi connectivity index (χ3n) is 2.04. The number of hydrazine groups is 1. The van der Waals surface area contributed by atoms with E-state index < -0.39 is 0 Å². The molecule has 1 unspecified atom stereocenters. The van der Waals surface area contributed by atoms with E-state index in [2.05, 4.69) is 52.0 Å². The van der Waals surface area contributed by atoms with E-state index >= 15 is 0 Å². The van der Waals surface area contributed by atoms with Gasteiger partial charge < -0.3 is 5.43 Å². The quantitative estimate of drug-likeness (QED) is 0.299. The first-order valence-electron chi connectivity index (χ1n) is 4.84. The van der Waals surface area contributed by atoms with Crippen LogP contribution in [0.2, 0.25) is 0 Å². The molecule has 0 radical (unpaired) electrons. The Labute approximate surface area is 81.8 Å². The van der Waals surface area contributed by atoms with Crippen LogP contribution in [0.5, 0.6) is 0 Å². The highest BCUT2D eigenvalue weighted by atomic mass is 15.3. The molecular weight excluding hydrogens is 162 g/mol. The van der Waals surface area contributed by atoms with Gasteiger partial charge in [0, 0.05) is 5.92 Å². The molecule has 0 saturated carbocycles. The molecule has 0 saturated heterocycles. The highest BCUT2D eigenvalue weighted by Crippen LogP contribution is 2.14. The molecule has 3 nitrogen and oxygen atoms in total. The number of nitrogens with one attached hydrogen (secondary N) is 1. The number of aliphatic imine (C=N–C) groups is 1. The van der Waals surface area contributed by atoms with Crippen molar-refractivity contribution < 1.29 is 0 Å². The summed E-state index contributed by atoms with van der Waals surface area (Å²) < 4.78 is 0. The highest BCUT2D eigenvalue weighted by molar-refractivity contribution is 5.84. The molecule has 0 spiro atoms. The van der Waals surface area contributed by atoms with Gasteiger partial charge in [-0.3, -0.25) is 4.99 Å². The molecule has 0 aromatic carbocycles. The van der Waals surface area contributed by atoms with Crippen LogP contribution < -0.4 is 11.3 Å². The van der Waals surface area contributed by atoms with Gasteiger partial charge in [0.05, 0.1) is 5.54 Å². The van der Waals surface area contributed by atoms with E-state index in [1.165, 1.54) is 0 Å². The molecule has 0 aliphatic heterocycles. The summed E-state index contributed by atoms with van der Waals surface area (Å²) in [6.07, 6.45) is 0. The molecule has 0 amide bonds. The van der Waals surface area contributed by atoms with Gasteiger partial charge in [0.25, 0.3) is 0 Å². The van der Waals surface area contributed by atoms with E-state index in [-0.39, 0.29) is 5.54 Å². The normalized spacial score (nSPS) is 16.2. The van der Waals surface area contributed by atoms with Crippen molar-refractivity contribution in [1.82, 2.24) is 5.43 Å². The van der Waals surface area contributed by atoms with Gasteiger partial charge in [-0.2, -0.15) is 0 Å². The summed E-state index contributed by atoms with van der Waals surface area (Å²) in [5, 5.41) is 0. The van der Waals surface area contributed by atoms with Crippen LogP contribution in [0.4, 0.5) is 0 Å². The second-order valence-electron chi connectivity index (χ2n) is 4.84. The molecule has 0 heterocycles. The maximum atomic E-state index is 5.44. The fraction of sp³-hybridized carbons (Fsp3) is 0.900. The van der Waals surface area contributed by atoms with Crippen LogP contribution in [0.1, 0.15) is 41.5 Å². The molecule has 0 bridgehead atoms. The number of nitrogens with zero attached hydrogens (tertiary/aromatic N) is 1. The van der Waals surface area contributed by atoms with Crippen LogP contribution in [0, 0.1) is 11.8 Å². The molecule has 3 N–H and O–H groups in total. The predicted molar refractivity (Wildman–Crippen MR) is 58.5 cm³/mol. The second kappa shape index (κ2) is 4.61. The summed E-state index contributed by atoms with van der Waals surface area (Å²) in [6.45, 7) is 12.7. The summed E-state index contributed by atoms with van der Waals surface area (Å²) in [5.74, 6) is 7.26. The molecule has 0 aliphatic rings. The van der Waals surface area contributed by atoms with E-state index in [9.17, 15) is 0 Å². The van der Waals surface area contributed by atoms with E-state index in [1.807, 2.05) is 0 Å². The summed E-state index contributed by atoms with van der Waals surface area (Å²) in [6, 6.07) is 0. The SMILES string of the molecule is CC(C)C(C)C(=NC(C)(C)C)NN. The minimum absolute atomic E-state index is 0.0646. The first-order chi connectivity index (χ1) is 5.78. The summed E-state index contributed by atoms with van der Waals surface area (Å²) in [5.41, 5.74) is 2.63. The van der Waals surface area contributed by atoms with Crippen LogP contribution in [0.25, 0.3) is 0 Å². The maximum absolute atomic E-state index is 5.44. The van der Waals surface area contributed by atoms with Gasteiger partial charge in [-0.05, 0) is 26.7 Å². The highest BCUT2D eigenvalue weighted by Gasteiger charge is 2.17. The van der Waals surface area contributed by atoms with Crippen LogP contribution >= 0.6 is 0 Å². The lowest BCUT2D eigenvalue weighted by Gasteiger charge is -2.22. The van der Waals surface area contributed by atoms with E-state index in [0.29, 0.717) is 11.8 Å². The minimum Gasteiger partial charge on any atom is -0.312 e. The second-order valence-corrected chi connectivity index (χ2v) is 4.84. The Morgan fingerprint density at radius 2 is 1.69 bits per heavy atom. The van der Waals surface area contributed by atoms with Crippen molar-refractivity contribution in [2.75, 3.05) is 0 Å². The zero-order chi connectivity index (χ0) is 10.6. The van der Waals surface area contributed by atoms with Crippen LogP contribution in [0.15, 0.2) is 4.99 Å². The molecule has 0 rings (SSSR count). The summed E-state index contributed by atoms with van der Waals surface area (Å²) >= 11 is 0. The average molecular weight is 185 g/mol. The van der Waals surface area contributed by atoms with Gasteiger partial charge in [0.1, 0.15) is 5.84 Å². The van der Waals surface area contributed by atoms with Crippen molar-refractivity contribution in [3.63, 3.8) is 0 Å². The van der Waals surface area contributed by atoms with Gasteiger partial charge in [0.15, 0.2) is 0 Å². The molecule has 0 fully saturated rings. The third-order valence-corrected chi connectivity index (χ3v) is 2.04. The van der Waals surface area contributed by atoms with E-state index in [1.54, 1.807) is 0 Å². The molecule has 78 valence electrons. The maximum Gasteiger partial charge on any atom is 0.114 e. The van der Waals surface area contributed by atoms with Gasteiger partial charge in [-0.25, -0.2) is 5.84 Å². The van der Waals surface area contributed by atoms with Crippen molar-refractivity contribution in [2.24, 2.45) is 22.7 Å². The fourth-order valence-electron chi connectivity index (χ4n) is 0.943. The Hall–Kier alpha value is -0.570. The van der Waals surface area contributed by atoms with Crippen molar-refractivity contribution >= 4 is 5.84 Å². The van der Waals surface area contributed by atoms with Gasteiger partial charge in [-0.15, -0.1) is 0 Å². The number of nitrogens with two attached hydrogens (primary N) is 1. The zero-order valence-corrected chi connectivity index (χ0v) is 9.68. The van der Waals surface area contributed by atoms with E-state index in [4.69, 9.17) is 5.84 Å². The summed E-state index contributed by atoms with van der Waals surface area (Å²) in [7, 11) is 0. The van der Waals surface area contributed by atoms with Crippen LogP contribution in [-0.4, -0.2) is 11.4 Å². The summed E-state index contributed by atoms with van der Waals surface area (Å²) in [4.78, 5) is 4.53. The molecular formula is C10H23N3. The number of rotatable bonds is 2. The Balaban J connectivity index is 4.60. The molecule has 3 heteroatoms. The van der Waals surface area contributed by atoms with Gasteiger partial charge in [-0.1, -0.05) is 20.8 Å². The molecule has 0 aliphatic carbocycles. The first-order valence-corrected chi connectivity index (χ1v) is 4.84. The molecule has 0 aromatic heterocycles. The topological polar surface area (TPSA) is 50.4 Å². The zero-order valence-electron chi connectivity index (χ0n) is 9.68. The van der Waals surface area contributed by atoms with Gasteiger partial charge in [0.2, 0.25) is 0 Å².